The van der Waals surface area contributed by atoms with E-state index in [1.165, 1.54) is 12.8 Å². The van der Waals surface area contributed by atoms with Crippen molar-refractivity contribution in [1.82, 2.24) is 4.90 Å². The molecule has 0 aromatic heterocycles. The van der Waals surface area contributed by atoms with Crippen LogP contribution in [0.5, 0.6) is 5.75 Å². The second-order valence-electron chi connectivity index (χ2n) is 5.20. The van der Waals surface area contributed by atoms with Crippen molar-refractivity contribution in [3.8, 4) is 5.75 Å². The molecule has 1 aliphatic heterocycles. The smallest absolute Gasteiger partial charge is 0.257 e. The molecule has 0 radical (unpaired) electrons. The van der Waals surface area contributed by atoms with Crippen LogP contribution >= 0.6 is 15.9 Å². The fourth-order valence-electron chi connectivity index (χ4n) is 2.45. The van der Waals surface area contributed by atoms with Gasteiger partial charge in [-0.15, -0.1) is 0 Å². The minimum atomic E-state index is 0.0966. The number of nitrogens with zero attached hydrogens (tertiary/aromatic N) is 1. The topological polar surface area (TPSA) is 29.5 Å². The first-order valence-electron chi connectivity index (χ1n) is 7.44. The molecule has 1 saturated heterocycles. The van der Waals surface area contributed by atoms with E-state index in [4.69, 9.17) is 4.74 Å². The Labute approximate surface area is 129 Å². The highest BCUT2D eigenvalue weighted by molar-refractivity contribution is 9.10. The van der Waals surface area contributed by atoms with E-state index in [2.05, 4.69) is 22.9 Å². The minimum Gasteiger partial charge on any atom is -0.493 e. The molecule has 2 rings (SSSR count). The molecule has 1 aromatic carbocycles. The molecule has 0 N–H and O–H groups in total. The van der Waals surface area contributed by atoms with E-state index in [1.807, 2.05) is 23.1 Å². The fourth-order valence-corrected chi connectivity index (χ4v) is 2.81. The summed E-state index contributed by atoms with van der Waals surface area (Å²) in [6, 6.07) is 5.67. The number of hydrogen-bond donors (Lipinski definition) is 0. The molecular weight excluding hydrogens is 318 g/mol. The van der Waals surface area contributed by atoms with Gasteiger partial charge in [-0.3, -0.25) is 4.79 Å². The highest BCUT2D eigenvalue weighted by atomic mass is 79.9. The second kappa shape index (κ2) is 7.67. The number of carbonyl (C=O) groups excluding carboxylic acids is 1. The first-order chi connectivity index (χ1) is 9.72. The molecule has 0 bridgehead atoms. The first-order valence-corrected chi connectivity index (χ1v) is 8.23. The van der Waals surface area contributed by atoms with Gasteiger partial charge in [-0.2, -0.15) is 0 Å². The Hall–Kier alpha value is -1.03. The SMILES string of the molecule is CCCOc1ccc(Br)cc1C(=O)N1CCCCCC1. The lowest BCUT2D eigenvalue weighted by molar-refractivity contribution is 0.0757. The summed E-state index contributed by atoms with van der Waals surface area (Å²) in [6.07, 6.45) is 5.59. The van der Waals surface area contributed by atoms with E-state index in [-0.39, 0.29) is 5.91 Å². The average Bonchev–Trinajstić information content (AvgIpc) is 2.74. The van der Waals surface area contributed by atoms with Crippen molar-refractivity contribution in [3.05, 3.63) is 28.2 Å². The van der Waals surface area contributed by atoms with Gasteiger partial charge in [0.05, 0.1) is 12.2 Å². The maximum absolute atomic E-state index is 12.7. The Balaban J connectivity index is 2.20. The fraction of sp³-hybridized carbons (Fsp3) is 0.562. The molecule has 1 aliphatic rings. The van der Waals surface area contributed by atoms with E-state index >= 15 is 0 Å². The molecule has 0 spiro atoms. The zero-order chi connectivity index (χ0) is 14.4. The maximum Gasteiger partial charge on any atom is 0.257 e. The molecule has 0 atom stereocenters. The highest BCUT2D eigenvalue weighted by Crippen LogP contribution is 2.26. The lowest BCUT2D eigenvalue weighted by atomic mass is 10.1. The number of hydrogen-bond acceptors (Lipinski definition) is 2. The van der Waals surface area contributed by atoms with Crippen LogP contribution < -0.4 is 4.74 Å². The number of amides is 1. The van der Waals surface area contributed by atoms with Crippen LogP contribution in [0.25, 0.3) is 0 Å². The van der Waals surface area contributed by atoms with Gasteiger partial charge in [0, 0.05) is 17.6 Å². The zero-order valence-electron chi connectivity index (χ0n) is 12.0. The monoisotopic (exact) mass is 339 g/mol. The van der Waals surface area contributed by atoms with Crippen LogP contribution in [0.15, 0.2) is 22.7 Å². The Kier molecular flexibility index (Phi) is 5.89. The molecule has 1 fully saturated rings. The minimum absolute atomic E-state index is 0.0966. The van der Waals surface area contributed by atoms with Crippen LogP contribution in [0.1, 0.15) is 49.4 Å². The van der Waals surface area contributed by atoms with Crippen molar-refractivity contribution in [1.29, 1.82) is 0 Å². The van der Waals surface area contributed by atoms with Crippen molar-refractivity contribution >= 4 is 21.8 Å². The van der Waals surface area contributed by atoms with Gasteiger partial charge in [-0.05, 0) is 37.5 Å². The van der Waals surface area contributed by atoms with Gasteiger partial charge < -0.3 is 9.64 Å². The molecule has 0 aliphatic carbocycles. The predicted octanol–water partition coefficient (Wildman–Crippen LogP) is 4.25. The predicted molar refractivity (Wildman–Crippen MR) is 84.3 cm³/mol. The van der Waals surface area contributed by atoms with Crippen molar-refractivity contribution in [2.24, 2.45) is 0 Å². The third-order valence-electron chi connectivity index (χ3n) is 3.53. The first kappa shape index (κ1) is 15.4. The summed E-state index contributed by atoms with van der Waals surface area (Å²) in [5.74, 6) is 0.795. The van der Waals surface area contributed by atoms with Crippen molar-refractivity contribution < 1.29 is 9.53 Å². The quantitative estimate of drug-likeness (QED) is 0.820. The number of carbonyl (C=O) groups is 1. The molecule has 0 unspecified atom stereocenters. The van der Waals surface area contributed by atoms with Gasteiger partial charge in [-0.25, -0.2) is 0 Å². The lowest BCUT2D eigenvalue weighted by Gasteiger charge is -2.22. The lowest BCUT2D eigenvalue weighted by Crippen LogP contribution is -2.32. The molecule has 20 heavy (non-hydrogen) atoms. The zero-order valence-corrected chi connectivity index (χ0v) is 13.6. The summed E-state index contributed by atoms with van der Waals surface area (Å²) < 4.78 is 6.63. The third-order valence-corrected chi connectivity index (χ3v) is 4.02. The summed E-state index contributed by atoms with van der Waals surface area (Å²) in [6.45, 7) is 4.42. The summed E-state index contributed by atoms with van der Waals surface area (Å²) in [5.41, 5.74) is 0.676. The third kappa shape index (κ3) is 3.98. The van der Waals surface area contributed by atoms with Gasteiger partial charge in [0.15, 0.2) is 0 Å². The number of benzene rings is 1. The van der Waals surface area contributed by atoms with Gasteiger partial charge in [-0.1, -0.05) is 35.7 Å². The van der Waals surface area contributed by atoms with Gasteiger partial charge >= 0.3 is 0 Å². The Morgan fingerprint density at radius 2 is 1.95 bits per heavy atom. The summed E-state index contributed by atoms with van der Waals surface area (Å²) in [4.78, 5) is 14.7. The van der Waals surface area contributed by atoms with Crippen molar-refractivity contribution in [2.45, 2.75) is 39.0 Å². The highest BCUT2D eigenvalue weighted by Gasteiger charge is 2.21. The van der Waals surface area contributed by atoms with Crippen LogP contribution in [0.2, 0.25) is 0 Å². The van der Waals surface area contributed by atoms with E-state index in [0.717, 1.165) is 36.8 Å². The van der Waals surface area contributed by atoms with Crippen LogP contribution in [0.4, 0.5) is 0 Å². The van der Waals surface area contributed by atoms with Gasteiger partial charge in [0.25, 0.3) is 5.91 Å². The van der Waals surface area contributed by atoms with E-state index in [9.17, 15) is 4.79 Å². The van der Waals surface area contributed by atoms with Gasteiger partial charge in [0.1, 0.15) is 5.75 Å². The molecule has 1 amide bonds. The van der Waals surface area contributed by atoms with E-state index < -0.39 is 0 Å². The molecule has 3 nitrogen and oxygen atoms in total. The Bertz CT molecular complexity index is 454. The largest absolute Gasteiger partial charge is 0.493 e. The number of rotatable bonds is 4. The normalized spacial score (nSPS) is 15.8. The maximum atomic E-state index is 12.7. The number of ether oxygens (including phenoxy) is 1. The van der Waals surface area contributed by atoms with Crippen molar-refractivity contribution in [2.75, 3.05) is 19.7 Å². The van der Waals surface area contributed by atoms with Crippen molar-refractivity contribution in [3.63, 3.8) is 0 Å². The molecule has 1 aromatic rings. The number of halogens is 1. The Morgan fingerprint density at radius 3 is 2.60 bits per heavy atom. The van der Waals surface area contributed by atoms with Crippen LogP contribution in [0.3, 0.4) is 0 Å². The second-order valence-corrected chi connectivity index (χ2v) is 6.11. The summed E-state index contributed by atoms with van der Waals surface area (Å²) in [5, 5.41) is 0. The molecule has 110 valence electrons. The van der Waals surface area contributed by atoms with Crippen LogP contribution in [-0.2, 0) is 0 Å². The average molecular weight is 340 g/mol. The van der Waals surface area contributed by atoms with Gasteiger partial charge in [0.2, 0.25) is 0 Å². The number of likely N-dealkylation sites (tertiary alicyclic amines) is 1. The molecule has 1 heterocycles. The van der Waals surface area contributed by atoms with E-state index in [1.54, 1.807) is 0 Å². The van der Waals surface area contributed by atoms with E-state index in [0.29, 0.717) is 17.9 Å². The van der Waals surface area contributed by atoms with Crippen LogP contribution in [-0.4, -0.2) is 30.5 Å². The van der Waals surface area contributed by atoms with Crippen LogP contribution in [0, 0.1) is 0 Å². The standard InChI is InChI=1S/C16H22BrNO2/c1-2-11-20-15-8-7-13(17)12-14(15)16(19)18-9-5-3-4-6-10-18/h7-8,12H,2-6,9-11H2,1H3. The summed E-state index contributed by atoms with van der Waals surface area (Å²) >= 11 is 3.45. The molecule has 4 heteroatoms. The summed E-state index contributed by atoms with van der Waals surface area (Å²) in [7, 11) is 0. The molecule has 0 saturated carbocycles. The Morgan fingerprint density at radius 1 is 1.25 bits per heavy atom. The molecular formula is C16H22BrNO2.